The summed E-state index contributed by atoms with van der Waals surface area (Å²) in [6, 6.07) is 6.55. The summed E-state index contributed by atoms with van der Waals surface area (Å²) in [6.07, 6.45) is -0.719. The maximum absolute atomic E-state index is 11.5. The Morgan fingerprint density at radius 1 is 1.35 bits per heavy atom. The number of hydrogen-bond donors (Lipinski definition) is 0. The molecule has 5 nitrogen and oxygen atoms in total. The molecule has 0 aliphatic rings. The average Bonchev–Trinajstić information content (AvgIpc) is 2.38. The molecule has 0 saturated carbocycles. The van der Waals surface area contributed by atoms with Crippen LogP contribution in [0.1, 0.15) is 19.4 Å². The minimum absolute atomic E-state index is 0.304. The molecule has 0 aliphatic heterocycles. The standard InChI is InChI=1S/C15H16O5/c1-4-18-15(17)10(3)19-11-5-6-12-9(2)7-14(16)20-13(12)8-11/h5-8,10H,4H2,1-3H3/t10-/m0/s1. The van der Waals surface area contributed by atoms with Crippen LogP contribution >= 0.6 is 0 Å². The normalized spacial score (nSPS) is 12.2. The quantitative estimate of drug-likeness (QED) is 0.634. The van der Waals surface area contributed by atoms with Gasteiger partial charge in [0.05, 0.1) is 6.61 Å². The number of esters is 1. The number of carbonyl (C=O) groups excluding carboxylic acids is 1. The maximum atomic E-state index is 11.5. The van der Waals surface area contributed by atoms with Crippen molar-refractivity contribution in [2.45, 2.75) is 26.9 Å². The molecule has 1 heterocycles. The monoisotopic (exact) mass is 276 g/mol. The highest BCUT2D eigenvalue weighted by atomic mass is 16.6. The molecule has 1 atom stereocenters. The summed E-state index contributed by atoms with van der Waals surface area (Å²) >= 11 is 0. The van der Waals surface area contributed by atoms with Crippen molar-refractivity contribution in [3.05, 3.63) is 40.2 Å². The van der Waals surface area contributed by atoms with Crippen molar-refractivity contribution in [2.24, 2.45) is 0 Å². The Balaban J connectivity index is 2.28. The number of fused-ring (bicyclic) bond motifs is 1. The Labute approximate surface area is 116 Å². The molecular formula is C15H16O5. The Bertz CT molecular complexity index is 686. The number of hydrogen-bond acceptors (Lipinski definition) is 5. The van der Waals surface area contributed by atoms with Gasteiger partial charge in [-0.2, -0.15) is 0 Å². The predicted molar refractivity (Wildman–Crippen MR) is 73.9 cm³/mol. The largest absolute Gasteiger partial charge is 0.479 e. The van der Waals surface area contributed by atoms with E-state index in [0.717, 1.165) is 10.9 Å². The SMILES string of the molecule is CCOC(=O)[C@H](C)Oc1ccc2c(C)cc(=O)oc2c1. The molecule has 0 unspecified atom stereocenters. The summed E-state index contributed by atoms with van der Waals surface area (Å²) in [5.41, 5.74) is 0.857. The van der Waals surface area contributed by atoms with Crippen LogP contribution in [0.25, 0.3) is 11.0 Å². The van der Waals surface area contributed by atoms with Gasteiger partial charge in [-0.05, 0) is 38.5 Å². The molecule has 0 fully saturated rings. The topological polar surface area (TPSA) is 65.7 Å². The molecule has 20 heavy (non-hydrogen) atoms. The highest BCUT2D eigenvalue weighted by molar-refractivity contribution is 5.81. The minimum atomic E-state index is -0.719. The molecule has 2 rings (SSSR count). The Morgan fingerprint density at radius 2 is 2.10 bits per heavy atom. The molecule has 106 valence electrons. The highest BCUT2D eigenvalue weighted by Gasteiger charge is 2.16. The van der Waals surface area contributed by atoms with E-state index in [2.05, 4.69) is 0 Å². The lowest BCUT2D eigenvalue weighted by Crippen LogP contribution is -2.26. The van der Waals surface area contributed by atoms with Crippen LogP contribution in [0, 0.1) is 6.92 Å². The second-order valence-corrected chi connectivity index (χ2v) is 4.42. The van der Waals surface area contributed by atoms with Gasteiger partial charge < -0.3 is 13.9 Å². The summed E-state index contributed by atoms with van der Waals surface area (Å²) in [6.45, 7) is 5.48. The van der Waals surface area contributed by atoms with Gasteiger partial charge in [-0.3, -0.25) is 0 Å². The van der Waals surface area contributed by atoms with E-state index in [4.69, 9.17) is 13.9 Å². The van der Waals surface area contributed by atoms with Crippen molar-refractivity contribution in [3.8, 4) is 5.75 Å². The van der Waals surface area contributed by atoms with Gasteiger partial charge in [0.25, 0.3) is 0 Å². The Morgan fingerprint density at radius 3 is 2.80 bits per heavy atom. The Hall–Kier alpha value is -2.30. The third kappa shape index (κ3) is 2.99. The van der Waals surface area contributed by atoms with Gasteiger partial charge in [-0.25, -0.2) is 9.59 Å². The second kappa shape index (κ2) is 5.77. The van der Waals surface area contributed by atoms with E-state index in [1.807, 2.05) is 6.92 Å². The van der Waals surface area contributed by atoms with Gasteiger partial charge in [0.15, 0.2) is 6.10 Å². The molecule has 0 spiro atoms. The second-order valence-electron chi connectivity index (χ2n) is 4.42. The third-order valence-corrected chi connectivity index (χ3v) is 2.85. The van der Waals surface area contributed by atoms with E-state index >= 15 is 0 Å². The van der Waals surface area contributed by atoms with Gasteiger partial charge in [0.2, 0.25) is 0 Å². The van der Waals surface area contributed by atoms with Gasteiger partial charge in [-0.1, -0.05) is 0 Å². The van der Waals surface area contributed by atoms with Crippen LogP contribution in [-0.2, 0) is 9.53 Å². The first kappa shape index (κ1) is 14.1. The first-order valence-electron chi connectivity index (χ1n) is 6.39. The van der Waals surface area contributed by atoms with E-state index in [1.54, 1.807) is 32.0 Å². The van der Waals surface area contributed by atoms with Crippen molar-refractivity contribution in [3.63, 3.8) is 0 Å². The minimum Gasteiger partial charge on any atom is -0.479 e. The highest BCUT2D eigenvalue weighted by Crippen LogP contribution is 2.23. The maximum Gasteiger partial charge on any atom is 0.347 e. The smallest absolute Gasteiger partial charge is 0.347 e. The van der Waals surface area contributed by atoms with Crippen LogP contribution in [0.15, 0.2) is 33.5 Å². The predicted octanol–water partition coefficient (Wildman–Crippen LogP) is 2.43. The van der Waals surface area contributed by atoms with E-state index in [-0.39, 0.29) is 0 Å². The molecule has 2 aromatic rings. The molecule has 0 amide bonds. The average molecular weight is 276 g/mol. The third-order valence-electron chi connectivity index (χ3n) is 2.85. The van der Waals surface area contributed by atoms with Crippen molar-refractivity contribution >= 4 is 16.9 Å². The van der Waals surface area contributed by atoms with E-state index in [9.17, 15) is 9.59 Å². The summed E-state index contributed by atoms with van der Waals surface area (Å²) in [5, 5.41) is 0.834. The number of ether oxygens (including phenoxy) is 2. The van der Waals surface area contributed by atoms with Crippen molar-refractivity contribution in [1.82, 2.24) is 0 Å². The summed E-state index contributed by atoms with van der Waals surface area (Å²) < 4.78 is 15.5. The van der Waals surface area contributed by atoms with Crippen molar-refractivity contribution in [2.75, 3.05) is 6.61 Å². The number of benzene rings is 1. The zero-order valence-electron chi connectivity index (χ0n) is 11.6. The molecule has 5 heteroatoms. The first-order valence-corrected chi connectivity index (χ1v) is 6.39. The summed E-state index contributed by atoms with van der Waals surface area (Å²) in [5.74, 6) is 0.0186. The first-order chi connectivity index (χ1) is 9.51. The van der Waals surface area contributed by atoms with Crippen LogP contribution < -0.4 is 10.4 Å². The molecule has 0 aliphatic carbocycles. The zero-order chi connectivity index (χ0) is 14.7. The van der Waals surface area contributed by atoms with Crippen molar-refractivity contribution in [1.29, 1.82) is 0 Å². The lowest BCUT2D eigenvalue weighted by molar-refractivity contribution is -0.150. The molecule has 0 N–H and O–H groups in total. The van der Waals surface area contributed by atoms with Crippen LogP contribution in [0.3, 0.4) is 0 Å². The van der Waals surface area contributed by atoms with Gasteiger partial charge in [0, 0.05) is 17.5 Å². The summed E-state index contributed by atoms with van der Waals surface area (Å²) in [7, 11) is 0. The molecule has 1 aromatic heterocycles. The number of carbonyl (C=O) groups is 1. The van der Waals surface area contributed by atoms with Crippen LogP contribution in [0.4, 0.5) is 0 Å². The molecule has 0 saturated heterocycles. The fourth-order valence-electron chi connectivity index (χ4n) is 1.89. The van der Waals surface area contributed by atoms with E-state index in [1.165, 1.54) is 6.07 Å². The van der Waals surface area contributed by atoms with E-state index in [0.29, 0.717) is 17.9 Å². The molecule has 0 bridgehead atoms. The van der Waals surface area contributed by atoms with Crippen LogP contribution in [0.5, 0.6) is 5.75 Å². The molecular weight excluding hydrogens is 260 g/mol. The summed E-state index contributed by atoms with van der Waals surface area (Å²) in [4.78, 5) is 22.8. The lowest BCUT2D eigenvalue weighted by atomic mass is 10.1. The number of rotatable bonds is 4. The van der Waals surface area contributed by atoms with Crippen molar-refractivity contribution < 1.29 is 18.7 Å². The van der Waals surface area contributed by atoms with Gasteiger partial charge in [0.1, 0.15) is 11.3 Å². The van der Waals surface area contributed by atoms with Crippen LogP contribution in [0.2, 0.25) is 0 Å². The fraction of sp³-hybridized carbons (Fsp3) is 0.333. The molecule has 0 radical (unpaired) electrons. The number of aryl methyl sites for hydroxylation is 1. The van der Waals surface area contributed by atoms with E-state index < -0.39 is 17.7 Å². The molecule has 1 aromatic carbocycles. The van der Waals surface area contributed by atoms with Crippen LogP contribution in [-0.4, -0.2) is 18.7 Å². The zero-order valence-corrected chi connectivity index (χ0v) is 11.6. The van der Waals surface area contributed by atoms with Gasteiger partial charge >= 0.3 is 11.6 Å². The fourth-order valence-corrected chi connectivity index (χ4v) is 1.89. The lowest BCUT2D eigenvalue weighted by Gasteiger charge is -2.13. The van der Waals surface area contributed by atoms with Gasteiger partial charge in [-0.15, -0.1) is 0 Å². The Kier molecular flexibility index (Phi) is 4.08.